The van der Waals surface area contributed by atoms with Gasteiger partial charge in [-0.25, -0.2) is 9.59 Å². The Bertz CT molecular complexity index is 970. The predicted octanol–water partition coefficient (Wildman–Crippen LogP) is 3.77. The molecule has 1 aliphatic heterocycles. The van der Waals surface area contributed by atoms with E-state index in [1.165, 1.54) is 12.1 Å². The minimum atomic E-state index is -0.815. The average Bonchev–Trinajstić information content (AvgIpc) is 2.68. The van der Waals surface area contributed by atoms with Crippen LogP contribution in [0.3, 0.4) is 0 Å². The van der Waals surface area contributed by atoms with Gasteiger partial charge in [0.25, 0.3) is 0 Å². The largest absolute Gasteiger partial charge is 0.506 e. The number of methoxy groups -OCH3 is 1. The predicted molar refractivity (Wildman–Crippen MR) is 109 cm³/mol. The van der Waals surface area contributed by atoms with Crippen LogP contribution in [-0.4, -0.2) is 30.3 Å². The molecule has 0 bridgehead atoms. The fourth-order valence-electron chi connectivity index (χ4n) is 3.00. The maximum Gasteiger partial charge on any atom is 0.338 e. The van der Waals surface area contributed by atoms with Crippen LogP contribution in [0.15, 0.2) is 48.0 Å². The molecule has 0 fully saturated rings. The van der Waals surface area contributed by atoms with Crippen LogP contribution >= 0.6 is 11.6 Å². The maximum atomic E-state index is 13.0. The van der Waals surface area contributed by atoms with Gasteiger partial charge in [0.1, 0.15) is 11.5 Å². The summed E-state index contributed by atoms with van der Waals surface area (Å²) < 4.78 is 10.6. The number of nitrogens with one attached hydrogen (secondary N) is 2. The number of ether oxygens (including phenoxy) is 2. The minimum absolute atomic E-state index is 0.0960. The van der Waals surface area contributed by atoms with E-state index in [1.807, 2.05) is 0 Å². The van der Waals surface area contributed by atoms with E-state index in [0.717, 1.165) is 0 Å². The topological polar surface area (TPSA) is 96.9 Å². The molecule has 3 N–H and O–H groups in total. The Kier molecular flexibility index (Phi) is 5.98. The number of hydrogen-bond donors (Lipinski definition) is 3. The van der Waals surface area contributed by atoms with Crippen LogP contribution < -0.4 is 15.4 Å². The molecular weight excluding hydrogens is 396 g/mol. The summed E-state index contributed by atoms with van der Waals surface area (Å²) in [4.78, 5) is 25.4. The molecule has 0 saturated heterocycles. The normalized spacial score (nSPS) is 16.3. The van der Waals surface area contributed by atoms with E-state index in [1.54, 1.807) is 51.3 Å². The van der Waals surface area contributed by atoms with Gasteiger partial charge in [-0.15, -0.1) is 0 Å². The Morgan fingerprint density at radius 1 is 1.17 bits per heavy atom. The summed E-state index contributed by atoms with van der Waals surface area (Å²) in [7, 11) is 1.55. The lowest BCUT2D eigenvalue weighted by molar-refractivity contribution is -0.143. The van der Waals surface area contributed by atoms with E-state index in [9.17, 15) is 14.7 Å². The molecule has 1 unspecified atom stereocenters. The molecule has 1 atom stereocenters. The van der Waals surface area contributed by atoms with Gasteiger partial charge in [0, 0.05) is 0 Å². The molecule has 0 aromatic heterocycles. The van der Waals surface area contributed by atoms with Gasteiger partial charge in [-0.1, -0.05) is 17.7 Å². The van der Waals surface area contributed by atoms with Crippen LogP contribution in [0.5, 0.6) is 11.5 Å². The number of carbonyl (C=O) groups is 2. The Hall–Kier alpha value is -3.19. The van der Waals surface area contributed by atoms with Crippen molar-refractivity contribution >= 4 is 29.3 Å². The van der Waals surface area contributed by atoms with Crippen molar-refractivity contribution in [3.8, 4) is 11.5 Å². The Morgan fingerprint density at radius 3 is 2.45 bits per heavy atom. The summed E-state index contributed by atoms with van der Waals surface area (Å²) >= 11 is 6.04. The van der Waals surface area contributed by atoms with Gasteiger partial charge in [-0.3, -0.25) is 0 Å². The van der Waals surface area contributed by atoms with E-state index >= 15 is 0 Å². The zero-order valence-electron chi connectivity index (χ0n) is 16.2. The summed E-state index contributed by atoms with van der Waals surface area (Å²) in [5, 5.41) is 15.3. The van der Waals surface area contributed by atoms with E-state index in [0.29, 0.717) is 22.6 Å². The molecule has 152 valence electrons. The Labute approximate surface area is 173 Å². The second-order valence-electron chi connectivity index (χ2n) is 6.71. The summed E-state index contributed by atoms with van der Waals surface area (Å²) in [6, 6.07) is 10.1. The van der Waals surface area contributed by atoms with E-state index < -0.39 is 18.0 Å². The molecule has 0 saturated carbocycles. The highest BCUT2D eigenvalue weighted by Gasteiger charge is 2.35. The minimum Gasteiger partial charge on any atom is -0.506 e. The molecule has 7 nitrogen and oxygen atoms in total. The van der Waals surface area contributed by atoms with E-state index in [4.69, 9.17) is 21.1 Å². The number of benzene rings is 2. The van der Waals surface area contributed by atoms with Crippen molar-refractivity contribution < 1.29 is 24.2 Å². The zero-order valence-corrected chi connectivity index (χ0v) is 16.9. The quantitative estimate of drug-likeness (QED) is 0.644. The molecule has 2 amide bonds. The third-order valence-electron chi connectivity index (χ3n) is 4.32. The maximum absolute atomic E-state index is 13.0. The number of hydrogen-bond acceptors (Lipinski definition) is 5. The van der Waals surface area contributed by atoms with Crippen molar-refractivity contribution in [2.75, 3.05) is 7.11 Å². The van der Waals surface area contributed by atoms with Gasteiger partial charge in [0.15, 0.2) is 0 Å². The van der Waals surface area contributed by atoms with Crippen LogP contribution in [-0.2, 0) is 9.53 Å². The summed E-state index contributed by atoms with van der Waals surface area (Å²) in [6.07, 6.45) is -0.353. The van der Waals surface area contributed by atoms with Crippen LogP contribution in [0.25, 0.3) is 5.70 Å². The lowest BCUT2D eigenvalue weighted by atomic mass is 9.92. The van der Waals surface area contributed by atoms with Gasteiger partial charge in [-0.05, 0) is 61.4 Å². The SMILES string of the molecule is COc1ccc(C2=C(C(=O)OC(C)C)C(c3ccc(O)c(Cl)c3)NC(=O)N2)cc1. The van der Waals surface area contributed by atoms with Gasteiger partial charge in [0.05, 0.1) is 35.5 Å². The molecule has 8 heteroatoms. The Balaban J connectivity index is 2.17. The number of halogens is 1. The second-order valence-corrected chi connectivity index (χ2v) is 7.12. The smallest absolute Gasteiger partial charge is 0.338 e. The monoisotopic (exact) mass is 416 g/mol. The fourth-order valence-corrected chi connectivity index (χ4v) is 3.19. The number of phenols is 1. The highest BCUT2D eigenvalue weighted by Crippen LogP contribution is 2.35. The van der Waals surface area contributed by atoms with E-state index in [-0.39, 0.29) is 22.4 Å². The van der Waals surface area contributed by atoms with Gasteiger partial charge >= 0.3 is 12.0 Å². The van der Waals surface area contributed by atoms with Crippen molar-refractivity contribution in [1.29, 1.82) is 0 Å². The first kappa shape index (κ1) is 20.5. The van der Waals surface area contributed by atoms with Crippen molar-refractivity contribution in [3.63, 3.8) is 0 Å². The number of phenolic OH excluding ortho intramolecular Hbond substituents is 1. The molecule has 0 aliphatic carbocycles. The molecule has 2 aromatic carbocycles. The first-order chi connectivity index (χ1) is 13.8. The number of aromatic hydroxyl groups is 1. The molecule has 0 radical (unpaired) electrons. The third-order valence-corrected chi connectivity index (χ3v) is 4.62. The van der Waals surface area contributed by atoms with Crippen LogP contribution in [0.2, 0.25) is 5.02 Å². The lowest BCUT2D eigenvalue weighted by Gasteiger charge is -2.30. The lowest BCUT2D eigenvalue weighted by Crippen LogP contribution is -2.45. The van der Waals surface area contributed by atoms with Crippen molar-refractivity contribution in [1.82, 2.24) is 10.6 Å². The second kappa shape index (κ2) is 8.45. The average molecular weight is 417 g/mol. The number of rotatable bonds is 5. The van der Waals surface area contributed by atoms with Crippen LogP contribution in [0, 0.1) is 0 Å². The summed E-state index contributed by atoms with van der Waals surface area (Å²) in [6.45, 7) is 3.49. The van der Waals surface area contributed by atoms with Crippen molar-refractivity contribution in [2.24, 2.45) is 0 Å². The highest BCUT2D eigenvalue weighted by molar-refractivity contribution is 6.32. The first-order valence-corrected chi connectivity index (χ1v) is 9.33. The molecular formula is C21H21ClN2O5. The number of carbonyl (C=O) groups excluding carboxylic acids is 2. The molecule has 0 spiro atoms. The van der Waals surface area contributed by atoms with Crippen molar-refractivity contribution in [2.45, 2.75) is 26.0 Å². The van der Waals surface area contributed by atoms with Gasteiger partial charge < -0.3 is 25.2 Å². The fraction of sp³-hybridized carbons (Fsp3) is 0.238. The summed E-state index contributed by atoms with van der Waals surface area (Å²) in [5.41, 5.74) is 1.71. The molecule has 1 aliphatic rings. The highest BCUT2D eigenvalue weighted by atomic mass is 35.5. The number of urea groups is 1. The van der Waals surface area contributed by atoms with Gasteiger partial charge in [-0.2, -0.15) is 0 Å². The van der Waals surface area contributed by atoms with Crippen LogP contribution in [0.4, 0.5) is 4.79 Å². The molecule has 3 rings (SSSR count). The Morgan fingerprint density at radius 2 is 1.86 bits per heavy atom. The first-order valence-electron chi connectivity index (χ1n) is 8.95. The van der Waals surface area contributed by atoms with Crippen molar-refractivity contribution in [3.05, 3.63) is 64.2 Å². The molecule has 1 heterocycles. The molecule has 2 aromatic rings. The third kappa shape index (κ3) is 4.46. The number of amides is 2. The number of esters is 1. The zero-order chi connectivity index (χ0) is 21.1. The van der Waals surface area contributed by atoms with E-state index in [2.05, 4.69) is 10.6 Å². The van der Waals surface area contributed by atoms with Crippen LogP contribution in [0.1, 0.15) is 31.0 Å². The summed E-state index contributed by atoms with van der Waals surface area (Å²) in [5.74, 6) is -0.0309. The van der Waals surface area contributed by atoms with Gasteiger partial charge in [0.2, 0.25) is 0 Å². The molecule has 29 heavy (non-hydrogen) atoms. The standard InChI is InChI=1S/C21H21ClN2O5/c1-11(2)29-20(26)17-18(12-4-7-14(28-3)8-5-12)23-21(27)24-19(17)13-6-9-16(25)15(22)10-13/h4-11,19,25H,1-3H3,(H2,23,24,27).